The predicted molar refractivity (Wildman–Crippen MR) is 116 cm³/mol. The molecule has 0 saturated carbocycles. The lowest BCUT2D eigenvalue weighted by atomic mass is 9.85. The normalized spacial score (nSPS) is 18.0. The number of halogens is 2. The van der Waals surface area contributed by atoms with E-state index in [9.17, 15) is 4.79 Å². The van der Waals surface area contributed by atoms with E-state index in [2.05, 4.69) is 5.32 Å². The third-order valence-electron chi connectivity index (χ3n) is 5.46. The first kappa shape index (κ1) is 19.2. The molecule has 5 rings (SSSR count). The molecule has 8 heteroatoms. The molecule has 30 heavy (non-hydrogen) atoms. The highest BCUT2D eigenvalue weighted by Gasteiger charge is 2.37. The van der Waals surface area contributed by atoms with Crippen LogP contribution in [0.15, 0.2) is 53.7 Å². The zero-order valence-corrected chi connectivity index (χ0v) is 17.7. The molecule has 0 fully saturated rings. The van der Waals surface area contributed by atoms with E-state index in [1.807, 2.05) is 30.3 Å². The second kappa shape index (κ2) is 7.45. The molecule has 6 nitrogen and oxygen atoms in total. The van der Waals surface area contributed by atoms with Crippen LogP contribution in [0.5, 0.6) is 5.75 Å². The molecular weight excluding hydrogens is 423 g/mol. The molecular formula is C22H18Cl2N4O2. The third-order valence-corrected chi connectivity index (χ3v) is 6.19. The van der Waals surface area contributed by atoms with Crippen molar-refractivity contribution in [3.8, 4) is 17.1 Å². The number of methoxy groups -OCH3 is 1. The molecule has 3 aromatic rings. The first-order valence-corrected chi connectivity index (χ1v) is 10.4. The molecule has 1 N–H and O–H groups in total. The van der Waals surface area contributed by atoms with Gasteiger partial charge in [-0.05, 0) is 42.7 Å². The monoisotopic (exact) mass is 440 g/mol. The number of hydrogen-bond donors (Lipinski definition) is 1. The van der Waals surface area contributed by atoms with Crippen molar-refractivity contribution >= 4 is 34.9 Å². The summed E-state index contributed by atoms with van der Waals surface area (Å²) < 4.78 is 7.09. The van der Waals surface area contributed by atoms with Crippen LogP contribution >= 0.6 is 23.2 Å². The van der Waals surface area contributed by atoms with Gasteiger partial charge in [0.05, 0.1) is 17.2 Å². The van der Waals surface area contributed by atoms with Crippen molar-refractivity contribution < 1.29 is 9.53 Å². The van der Waals surface area contributed by atoms with Crippen LogP contribution in [0.3, 0.4) is 0 Å². The van der Waals surface area contributed by atoms with Gasteiger partial charge in [-0.1, -0.05) is 41.4 Å². The maximum absolute atomic E-state index is 12.9. The standard InChI is InChI=1S/C22H18Cl2N4O2/c1-30-14-5-2-4-13(10-14)21-26-22-25-17-6-3-7-18(29)19(17)20(28(22)27-21)12-8-9-15(23)16(24)11-12/h2,4-5,8-11,20H,3,6-7H2,1H3,(H,25,26,27). The number of rotatable bonds is 3. The summed E-state index contributed by atoms with van der Waals surface area (Å²) in [7, 11) is 1.62. The van der Waals surface area contributed by atoms with Crippen molar-refractivity contribution in [2.24, 2.45) is 0 Å². The number of fused-ring (bicyclic) bond motifs is 1. The number of nitrogens with zero attached hydrogens (tertiary/aromatic N) is 3. The van der Waals surface area contributed by atoms with E-state index >= 15 is 0 Å². The fourth-order valence-corrected chi connectivity index (χ4v) is 4.34. The summed E-state index contributed by atoms with van der Waals surface area (Å²) in [4.78, 5) is 17.6. The number of anilines is 1. The molecule has 0 amide bonds. The summed E-state index contributed by atoms with van der Waals surface area (Å²) in [5, 5.41) is 8.99. The zero-order chi connectivity index (χ0) is 20.8. The Bertz CT molecular complexity index is 1200. The number of nitrogens with one attached hydrogen (secondary N) is 1. The predicted octanol–water partition coefficient (Wildman–Crippen LogP) is 5.28. The van der Waals surface area contributed by atoms with Crippen LogP contribution in [0.25, 0.3) is 11.4 Å². The van der Waals surface area contributed by atoms with Gasteiger partial charge in [-0.25, -0.2) is 4.68 Å². The Hall–Kier alpha value is -2.83. The Morgan fingerprint density at radius 1 is 1.13 bits per heavy atom. The number of ketones is 1. The molecule has 2 aliphatic rings. The van der Waals surface area contributed by atoms with Gasteiger partial charge in [-0.3, -0.25) is 4.79 Å². The fourth-order valence-electron chi connectivity index (χ4n) is 4.03. The second-order valence-electron chi connectivity index (χ2n) is 7.31. The first-order valence-electron chi connectivity index (χ1n) is 9.64. The summed E-state index contributed by atoms with van der Waals surface area (Å²) >= 11 is 12.4. The van der Waals surface area contributed by atoms with E-state index in [1.54, 1.807) is 23.9 Å². The Kier molecular flexibility index (Phi) is 4.76. The quantitative estimate of drug-likeness (QED) is 0.599. The molecule has 2 aromatic carbocycles. The SMILES string of the molecule is COc1cccc(-c2nc3n(n2)C(c2ccc(Cl)c(Cl)c2)C2=C(CCCC2=O)N3)c1. The number of benzene rings is 2. The van der Waals surface area contributed by atoms with Gasteiger partial charge in [-0.2, -0.15) is 4.98 Å². The van der Waals surface area contributed by atoms with Crippen LogP contribution in [0.1, 0.15) is 30.9 Å². The third kappa shape index (κ3) is 3.16. The molecule has 1 aliphatic heterocycles. The molecule has 1 unspecified atom stereocenters. The van der Waals surface area contributed by atoms with Crippen LogP contribution in [0.4, 0.5) is 5.95 Å². The Morgan fingerprint density at radius 2 is 2.00 bits per heavy atom. The van der Waals surface area contributed by atoms with Crippen LogP contribution < -0.4 is 10.1 Å². The molecule has 1 atom stereocenters. The van der Waals surface area contributed by atoms with Gasteiger partial charge in [0, 0.05) is 23.3 Å². The highest BCUT2D eigenvalue weighted by molar-refractivity contribution is 6.42. The number of ether oxygens (including phenoxy) is 1. The maximum atomic E-state index is 12.9. The number of Topliss-reactive ketones (excluding diaryl/α,β-unsaturated/α-hetero) is 1. The molecule has 2 heterocycles. The van der Waals surface area contributed by atoms with E-state index in [-0.39, 0.29) is 5.78 Å². The number of aromatic nitrogens is 3. The average molecular weight is 441 g/mol. The molecule has 0 radical (unpaired) electrons. The summed E-state index contributed by atoms with van der Waals surface area (Å²) in [5.41, 5.74) is 3.29. The van der Waals surface area contributed by atoms with Crippen molar-refractivity contribution in [2.75, 3.05) is 12.4 Å². The molecule has 152 valence electrons. The van der Waals surface area contributed by atoms with E-state index in [0.717, 1.165) is 35.4 Å². The van der Waals surface area contributed by atoms with Gasteiger partial charge in [0.1, 0.15) is 11.8 Å². The number of hydrogen-bond acceptors (Lipinski definition) is 5. The Balaban J connectivity index is 1.67. The molecule has 1 aromatic heterocycles. The van der Waals surface area contributed by atoms with Crippen LogP contribution in [-0.4, -0.2) is 27.7 Å². The zero-order valence-electron chi connectivity index (χ0n) is 16.2. The Morgan fingerprint density at radius 3 is 2.80 bits per heavy atom. The van der Waals surface area contributed by atoms with Gasteiger partial charge < -0.3 is 10.1 Å². The molecule has 0 bridgehead atoms. The van der Waals surface area contributed by atoms with E-state index < -0.39 is 6.04 Å². The van der Waals surface area contributed by atoms with Crippen LogP contribution in [0.2, 0.25) is 10.0 Å². The fraction of sp³-hybridized carbons (Fsp3) is 0.227. The average Bonchev–Trinajstić information content (AvgIpc) is 3.18. The smallest absolute Gasteiger partial charge is 0.226 e. The lowest BCUT2D eigenvalue weighted by molar-refractivity contribution is -0.116. The second-order valence-corrected chi connectivity index (χ2v) is 8.12. The van der Waals surface area contributed by atoms with Crippen molar-refractivity contribution in [1.82, 2.24) is 14.8 Å². The lowest BCUT2D eigenvalue weighted by Crippen LogP contribution is -2.31. The highest BCUT2D eigenvalue weighted by atomic mass is 35.5. The minimum absolute atomic E-state index is 0.115. The summed E-state index contributed by atoms with van der Waals surface area (Å²) in [6.07, 6.45) is 2.13. The summed E-state index contributed by atoms with van der Waals surface area (Å²) in [6.45, 7) is 0. The van der Waals surface area contributed by atoms with Gasteiger partial charge in [0.2, 0.25) is 5.95 Å². The van der Waals surface area contributed by atoms with Crippen molar-refractivity contribution in [3.05, 3.63) is 69.3 Å². The number of allylic oxidation sites excluding steroid dienone is 2. The van der Waals surface area contributed by atoms with E-state index in [4.69, 9.17) is 38.0 Å². The van der Waals surface area contributed by atoms with Gasteiger partial charge in [-0.15, -0.1) is 5.10 Å². The van der Waals surface area contributed by atoms with Crippen LogP contribution in [0, 0.1) is 0 Å². The minimum Gasteiger partial charge on any atom is -0.497 e. The van der Waals surface area contributed by atoms with Crippen molar-refractivity contribution in [1.29, 1.82) is 0 Å². The summed E-state index contributed by atoms with van der Waals surface area (Å²) in [6, 6.07) is 12.6. The lowest BCUT2D eigenvalue weighted by Gasteiger charge is -2.32. The van der Waals surface area contributed by atoms with E-state index in [0.29, 0.717) is 33.8 Å². The van der Waals surface area contributed by atoms with E-state index in [1.165, 1.54) is 0 Å². The Labute approximate surface area is 183 Å². The minimum atomic E-state index is -0.411. The van der Waals surface area contributed by atoms with Crippen molar-refractivity contribution in [2.45, 2.75) is 25.3 Å². The number of carbonyl (C=O) groups is 1. The van der Waals surface area contributed by atoms with Gasteiger partial charge in [0.25, 0.3) is 0 Å². The maximum Gasteiger partial charge on any atom is 0.226 e. The summed E-state index contributed by atoms with van der Waals surface area (Å²) in [5.74, 6) is 1.98. The first-order chi connectivity index (χ1) is 14.5. The topological polar surface area (TPSA) is 69.0 Å². The largest absolute Gasteiger partial charge is 0.497 e. The number of carbonyl (C=O) groups excluding carboxylic acids is 1. The van der Waals surface area contributed by atoms with Crippen LogP contribution in [-0.2, 0) is 4.79 Å². The van der Waals surface area contributed by atoms with Gasteiger partial charge >= 0.3 is 0 Å². The molecule has 1 aliphatic carbocycles. The van der Waals surface area contributed by atoms with Gasteiger partial charge in [0.15, 0.2) is 11.6 Å². The highest BCUT2D eigenvalue weighted by Crippen LogP contribution is 2.41. The molecule has 0 spiro atoms. The van der Waals surface area contributed by atoms with Crippen molar-refractivity contribution in [3.63, 3.8) is 0 Å². The molecule has 0 saturated heterocycles.